The van der Waals surface area contributed by atoms with Crippen molar-refractivity contribution in [3.8, 4) is 45.3 Å². The summed E-state index contributed by atoms with van der Waals surface area (Å²) in [6, 6.07) is 67.4. The number of aryl methyl sites for hydroxylation is 1. The van der Waals surface area contributed by atoms with Gasteiger partial charge >= 0.3 is 0 Å². The molecule has 0 bridgehead atoms. The molecule has 8 heteroatoms. The van der Waals surface area contributed by atoms with Gasteiger partial charge in [0.2, 0.25) is 0 Å². The predicted molar refractivity (Wildman–Crippen MR) is 270 cm³/mol. The van der Waals surface area contributed by atoms with E-state index in [0.717, 1.165) is 95.0 Å². The first-order valence-corrected chi connectivity index (χ1v) is 22.4. The zero-order valence-corrected chi connectivity index (χ0v) is 40.0. The van der Waals surface area contributed by atoms with Crippen molar-refractivity contribution in [2.24, 2.45) is 0 Å². The van der Waals surface area contributed by atoms with Gasteiger partial charge in [-0.1, -0.05) is 147 Å². The van der Waals surface area contributed by atoms with Gasteiger partial charge in [0, 0.05) is 83.6 Å². The second-order valence-electron chi connectivity index (χ2n) is 18.1. The van der Waals surface area contributed by atoms with E-state index in [1.807, 2.05) is 32.3 Å². The van der Waals surface area contributed by atoms with Gasteiger partial charge in [-0.2, -0.15) is 12.7 Å². The average Bonchev–Trinajstić information content (AvgIpc) is 3.98. The number of ether oxygens (including phenoxy) is 1. The summed E-state index contributed by atoms with van der Waals surface area (Å²) in [7, 11) is 2.04. The van der Waals surface area contributed by atoms with Gasteiger partial charge in [0.1, 0.15) is 11.6 Å². The number of nitrogens with zero attached hydrogens (tertiary/aromatic N) is 6. The number of pyridine rings is 2. The smallest absolute Gasteiger partial charge is 0.137 e. The molecule has 7 aromatic carbocycles. The van der Waals surface area contributed by atoms with Gasteiger partial charge in [0.05, 0.1) is 16.7 Å². The van der Waals surface area contributed by atoms with Gasteiger partial charge in [0.25, 0.3) is 0 Å². The Morgan fingerprint density at radius 2 is 1.25 bits per heavy atom. The molecule has 0 N–H and O–H groups in total. The molecule has 0 saturated heterocycles. The number of fused-ring (bicyclic) bond motifs is 7. The van der Waals surface area contributed by atoms with Crippen LogP contribution < -0.4 is 14.5 Å². The van der Waals surface area contributed by atoms with Gasteiger partial charge in [-0.25, -0.2) is 9.97 Å². The van der Waals surface area contributed by atoms with Crippen LogP contribution in [0.1, 0.15) is 32.0 Å². The molecule has 4 aromatic heterocycles. The molecule has 330 valence electrons. The van der Waals surface area contributed by atoms with E-state index in [-0.39, 0.29) is 26.5 Å². The van der Waals surface area contributed by atoms with Crippen molar-refractivity contribution in [1.29, 1.82) is 0 Å². The Morgan fingerprint density at radius 3 is 1.94 bits per heavy atom. The normalized spacial score (nSPS) is 12.6. The van der Waals surface area contributed by atoms with Crippen molar-refractivity contribution in [3.05, 3.63) is 206 Å². The quantitative estimate of drug-likeness (QED) is 0.149. The van der Waals surface area contributed by atoms with Crippen LogP contribution in [-0.4, -0.2) is 26.1 Å². The Balaban J connectivity index is 0.00000494. The van der Waals surface area contributed by atoms with E-state index >= 15 is 0 Å². The maximum absolute atomic E-state index is 6.81. The second-order valence-corrected chi connectivity index (χ2v) is 18.1. The largest absolute Gasteiger partial charge is 0.509 e. The number of rotatable bonds is 7. The summed E-state index contributed by atoms with van der Waals surface area (Å²) in [5.41, 5.74) is 13.6. The Hall–Kier alpha value is -7.47. The molecule has 11 aromatic rings. The summed E-state index contributed by atoms with van der Waals surface area (Å²) in [4.78, 5) is 14.2. The van der Waals surface area contributed by atoms with Crippen LogP contribution in [0, 0.1) is 25.7 Å². The van der Waals surface area contributed by atoms with Gasteiger partial charge in [-0.05, 0) is 60.2 Å². The fourth-order valence-electron chi connectivity index (χ4n) is 9.63. The summed E-state index contributed by atoms with van der Waals surface area (Å²) in [6.07, 6.45) is 1.93. The molecular formula is C59H45N6OPt-3. The molecule has 1 aliphatic heterocycles. The van der Waals surface area contributed by atoms with Crippen molar-refractivity contribution < 1.29 is 25.8 Å². The van der Waals surface area contributed by atoms with Crippen molar-refractivity contribution in [1.82, 2.24) is 19.1 Å². The number of para-hydroxylation sites is 3. The van der Waals surface area contributed by atoms with Crippen molar-refractivity contribution >= 4 is 60.8 Å². The van der Waals surface area contributed by atoms with Gasteiger partial charge < -0.3 is 23.7 Å². The Bertz CT molecular complexity index is 3590. The standard InChI is InChI=1S/C59H45N6O.Pt/c1-38-26-29-53-58(61-38)63(37-62(53)5)43-32-41(59(2,3)4)33-45(34-43)66-44-27-28-49-48-20-12-13-25-52(48)65(54(49)36-44)55-35-42(30-31-60-55)64-56-46(39-16-8-6-9-17-39)21-14-23-50(56)51-24-15-22-47(57(51)64)40-18-10-7-11-19-40;/h6-33,35,37H,1-5H3;/q-3;. The minimum absolute atomic E-state index is 0. The van der Waals surface area contributed by atoms with E-state index in [4.69, 9.17) is 14.7 Å². The zero-order chi connectivity index (χ0) is 44.7. The predicted octanol–water partition coefficient (Wildman–Crippen LogP) is 14.7. The summed E-state index contributed by atoms with van der Waals surface area (Å²) in [5.74, 6) is 2.82. The maximum Gasteiger partial charge on any atom is 0.137 e. The van der Waals surface area contributed by atoms with Crippen LogP contribution >= 0.6 is 0 Å². The van der Waals surface area contributed by atoms with Crippen LogP contribution in [0.5, 0.6) is 11.5 Å². The van der Waals surface area contributed by atoms with Gasteiger partial charge in [0.15, 0.2) is 0 Å². The van der Waals surface area contributed by atoms with Gasteiger partial charge in [-0.3, -0.25) is 0 Å². The first-order chi connectivity index (χ1) is 32.2. The van der Waals surface area contributed by atoms with E-state index in [0.29, 0.717) is 11.5 Å². The fourth-order valence-corrected chi connectivity index (χ4v) is 9.63. The van der Waals surface area contributed by atoms with Crippen LogP contribution in [0.15, 0.2) is 176 Å². The Labute approximate surface area is 404 Å². The number of hydrogen-bond acceptors (Lipinski definition) is 5. The molecule has 0 aliphatic carbocycles. The van der Waals surface area contributed by atoms with Crippen LogP contribution in [0.2, 0.25) is 0 Å². The minimum Gasteiger partial charge on any atom is -0.509 e. The molecule has 0 radical (unpaired) electrons. The van der Waals surface area contributed by atoms with Gasteiger partial charge in [-0.15, -0.1) is 41.3 Å². The maximum atomic E-state index is 6.81. The molecular weight excluding hydrogens is 1000 g/mol. The fraction of sp³-hybridized carbons (Fsp3) is 0.102. The number of benzene rings is 7. The summed E-state index contributed by atoms with van der Waals surface area (Å²) in [6.45, 7) is 10.7. The van der Waals surface area contributed by atoms with Crippen molar-refractivity contribution in [3.63, 3.8) is 0 Å². The summed E-state index contributed by atoms with van der Waals surface area (Å²) in [5, 5.41) is 4.54. The van der Waals surface area contributed by atoms with Crippen LogP contribution in [0.25, 0.3) is 77.4 Å². The van der Waals surface area contributed by atoms with Crippen molar-refractivity contribution in [2.45, 2.75) is 33.1 Å². The monoisotopic (exact) mass is 1050 g/mol. The zero-order valence-electron chi connectivity index (χ0n) is 37.7. The first-order valence-electron chi connectivity index (χ1n) is 22.4. The third-order valence-electron chi connectivity index (χ3n) is 12.8. The van der Waals surface area contributed by atoms with Crippen LogP contribution in [0.3, 0.4) is 0 Å². The van der Waals surface area contributed by atoms with Crippen LogP contribution in [0.4, 0.5) is 17.2 Å². The third-order valence-corrected chi connectivity index (χ3v) is 12.8. The number of aromatic nitrogens is 4. The van der Waals surface area contributed by atoms with E-state index < -0.39 is 0 Å². The topological polar surface area (TPSA) is 51.4 Å². The molecule has 67 heavy (non-hydrogen) atoms. The van der Waals surface area contributed by atoms with E-state index in [1.54, 1.807) is 0 Å². The Morgan fingerprint density at radius 1 is 0.597 bits per heavy atom. The molecule has 12 rings (SSSR count). The van der Waals surface area contributed by atoms with Crippen LogP contribution in [-0.2, 0) is 26.5 Å². The molecule has 0 fully saturated rings. The Kier molecular flexibility index (Phi) is 10.4. The van der Waals surface area contributed by atoms with E-state index in [1.165, 1.54) is 10.8 Å². The molecule has 0 atom stereocenters. The second kappa shape index (κ2) is 16.4. The molecule has 0 amide bonds. The summed E-state index contributed by atoms with van der Waals surface area (Å²) < 4.78 is 11.5. The molecule has 7 nitrogen and oxygen atoms in total. The van der Waals surface area contributed by atoms with E-state index in [9.17, 15) is 0 Å². The third kappa shape index (κ3) is 7.17. The molecule has 1 aliphatic rings. The number of anilines is 3. The number of hydrogen-bond donors (Lipinski definition) is 0. The molecule has 0 saturated carbocycles. The average molecular weight is 1050 g/mol. The minimum atomic E-state index is -0.159. The van der Waals surface area contributed by atoms with E-state index in [2.05, 4.69) is 216 Å². The molecule has 5 heterocycles. The summed E-state index contributed by atoms with van der Waals surface area (Å²) >= 11 is 0. The SMILES string of the molecule is Cc1ccc2c(n1)N(c1[c-]c(Oc3[c-]c4c(cc3)c3ccccc3n4-c3cc(-n4c5c(-c6ccccc6)cccc5c5cccc(-c6ccccc6)c54)ccn3)cc(C(C)(C)C)c1)[CH-]N2C.[Pt]. The first kappa shape index (κ1) is 42.2. The molecule has 0 unspecified atom stereocenters. The van der Waals surface area contributed by atoms with Crippen molar-refractivity contribution in [2.75, 3.05) is 16.8 Å². The molecule has 0 spiro atoms.